The zero-order valence-electron chi connectivity index (χ0n) is 10.4. The molecule has 1 saturated carbocycles. The molecule has 0 atom stereocenters. The van der Waals surface area contributed by atoms with Crippen LogP contribution in [0.25, 0.3) is 0 Å². The van der Waals surface area contributed by atoms with Crippen molar-refractivity contribution >= 4 is 5.96 Å². The van der Waals surface area contributed by atoms with E-state index in [1.807, 2.05) is 30.2 Å². The molecule has 0 radical (unpaired) electrons. The summed E-state index contributed by atoms with van der Waals surface area (Å²) in [5.41, 5.74) is 0. The second-order valence-electron chi connectivity index (χ2n) is 4.45. The minimum Gasteiger partial charge on any atom is -0.356 e. The van der Waals surface area contributed by atoms with Crippen LogP contribution in [0, 0.1) is 5.92 Å². The summed E-state index contributed by atoms with van der Waals surface area (Å²) in [7, 11) is 1.82. The number of aryl methyl sites for hydroxylation is 1. The van der Waals surface area contributed by atoms with Crippen molar-refractivity contribution in [1.82, 2.24) is 20.4 Å². The third-order valence-electron chi connectivity index (χ3n) is 2.89. The fraction of sp³-hybridized carbons (Fsp3) is 0.667. The SMILES string of the molecule is CN=C(NCCCn1cccn1)NCC1CC1. The Balaban J connectivity index is 1.55. The smallest absolute Gasteiger partial charge is 0.190 e. The summed E-state index contributed by atoms with van der Waals surface area (Å²) in [5, 5.41) is 10.8. The maximum atomic E-state index is 4.19. The largest absolute Gasteiger partial charge is 0.356 e. The van der Waals surface area contributed by atoms with Gasteiger partial charge in [0.15, 0.2) is 5.96 Å². The molecule has 2 N–H and O–H groups in total. The quantitative estimate of drug-likeness (QED) is 0.436. The lowest BCUT2D eigenvalue weighted by molar-refractivity contribution is 0.569. The van der Waals surface area contributed by atoms with Crippen LogP contribution < -0.4 is 10.6 Å². The van der Waals surface area contributed by atoms with Crippen LogP contribution in [0.1, 0.15) is 19.3 Å². The number of nitrogens with one attached hydrogen (secondary N) is 2. The van der Waals surface area contributed by atoms with Crippen LogP contribution in [-0.4, -0.2) is 35.9 Å². The monoisotopic (exact) mass is 235 g/mol. The Morgan fingerprint density at radius 3 is 3.00 bits per heavy atom. The summed E-state index contributed by atoms with van der Waals surface area (Å²) in [4.78, 5) is 4.19. The van der Waals surface area contributed by atoms with E-state index in [0.717, 1.165) is 37.9 Å². The number of hydrogen-bond donors (Lipinski definition) is 2. The maximum absolute atomic E-state index is 4.19. The van der Waals surface area contributed by atoms with Crippen molar-refractivity contribution in [1.29, 1.82) is 0 Å². The molecule has 2 rings (SSSR count). The first-order valence-corrected chi connectivity index (χ1v) is 6.30. The Labute approximate surface area is 102 Å². The second-order valence-corrected chi connectivity index (χ2v) is 4.45. The number of guanidine groups is 1. The first-order valence-electron chi connectivity index (χ1n) is 6.30. The van der Waals surface area contributed by atoms with E-state index in [9.17, 15) is 0 Å². The average Bonchev–Trinajstić information content (AvgIpc) is 3.03. The molecular weight excluding hydrogens is 214 g/mol. The highest BCUT2D eigenvalue weighted by Crippen LogP contribution is 2.27. The van der Waals surface area contributed by atoms with Crippen LogP contribution in [0.15, 0.2) is 23.5 Å². The molecule has 1 aromatic heterocycles. The van der Waals surface area contributed by atoms with Crippen molar-refractivity contribution < 1.29 is 0 Å². The molecule has 1 aliphatic carbocycles. The fourth-order valence-corrected chi connectivity index (χ4v) is 1.66. The van der Waals surface area contributed by atoms with Crippen molar-refractivity contribution in [3.63, 3.8) is 0 Å². The van der Waals surface area contributed by atoms with Crippen LogP contribution in [-0.2, 0) is 6.54 Å². The molecule has 0 saturated heterocycles. The predicted octanol–water partition coefficient (Wildman–Crippen LogP) is 0.848. The molecule has 0 bridgehead atoms. The molecule has 17 heavy (non-hydrogen) atoms. The third kappa shape index (κ3) is 4.46. The predicted molar refractivity (Wildman–Crippen MR) is 68.9 cm³/mol. The van der Waals surface area contributed by atoms with Crippen LogP contribution in [0.4, 0.5) is 0 Å². The van der Waals surface area contributed by atoms with E-state index in [-0.39, 0.29) is 0 Å². The Kier molecular flexibility index (Phi) is 4.41. The second kappa shape index (κ2) is 6.27. The summed E-state index contributed by atoms with van der Waals surface area (Å²) in [6.45, 7) is 2.92. The highest BCUT2D eigenvalue weighted by Gasteiger charge is 2.20. The molecule has 0 aliphatic heterocycles. The van der Waals surface area contributed by atoms with Gasteiger partial charge in [0, 0.05) is 39.1 Å². The fourth-order valence-electron chi connectivity index (χ4n) is 1.66. The normalized spacial score (nSPS) is 15.9. The minimum absolute atomic E-state index is 0.873. The molecule has 94 valence electrons. The van der Waals surface area contributed by atoms with E-state index >= 15 is 0 Å². The van der Waals surface area contributed by atoms with Gasteiger partial charge < -0.3 is 10.6 Å². The van der Waals surface area contributed by atoms with Crippen molar-refractivity contribution in [2.75, 3.05) is 20.1 Å². The first kappa shape index (κ1) is 12.0. The summed E-state index contributed by atoms with van der Waals surface area (Å²) < 4.78 is 1.95. The number of aliphatic imine (C=N–C) groups is 1. The van der Waals surface area contributed by atoms with Crippen molar-refractivity contribution in [3.8, 4) is 0 Å². The van der Waals surface area contributed by atoms with Crippen molar-refractivity contribution in [2.24, 2.45) is 10.9 Å². The molecule has 0 amide bonds. The molecular formula is C12H21N5. The Morgan fingerprint density at radius 1 is 1.47 bits per heavy atom. The van der Waals surface area contributed by atoms with Crippen LogP contribution in [0.5, 0.6) is 0 Å². The van der Waals surface area contributed by atoms with Gasteiger partial charge in [0.2, 0.25) is 0 Å². The van der Waals surface area contributed by atoms with Gasteiger partial charge in [-0.15, -0.1) is 0 Å². The lowest BCUT2D eigenvalue weighted by Crippen LogP contribution is -2.38. The molecule has 1 heterocycles. The van der Waals surface area contributed by atoms with Gasteiger partial charge in [0.1, 0.15) is 0 Å². The maximum Gasteiger partial charge on any atom is 0.190 e. The lowest BCUT2D eigenvalue weighted by atomic mass is 10.4. The van der Waals surface area contributed by atoms with E-state index in [2.05, 4.69) is 20.7 Å². The van der Waals surface area contributed by atoms with Gasteiger partial charge >= 0.3 is 0 Å². The molecule has 1 fully saturated rings. The van der Waals surface area contributed by atoms with E-state index < -0.39 is 0 Å². The minimum atomic E-state index is 0.873. The average molecular weight is 235 g/mol. The van der Waals surface area contributed by atoms with Gasteiger partial charge in [0.25, 0.3) is 0 Å². The summed E-state index contributed by atoms with van der Waals surface area (Å²) in [6.07, 6.45) is 7.57. The van der Waals surface area contributed by atoms with Gasteiger partial charge in [-0.3, -0.25) is 9.67 Å². The Morgan fingerprint density at radius 2 is 2.35 bits per heavy atom. The van der Waals surface area contributed by atoms with Crippen LogP contribution in [0.3, 0.4) is 0 Å². The lowest BCUT2D eigenvalue weighted by Gasteiger charge is -2.11. The van der Waals surface area contributed by atoms with Gasteiger partial charge in [0.05, 0.1) is 0 Å². The van der Waals surface area contributed by atoms with E-state index in [0.29, 0.717) is 0 Å². The Bertz CT molecular complexity index is 340. The van der Waals surface area contributed by atoms with E-state index in [4.69, 9.17) is 0 Å². The number of nitrogens with zero attached hydrogens (tertiary/aromatic N) is 3. The van der Waals surface area contributed by atoms with Crippen molar-refractivity contribution in [2.45, 2.75) is 25.8 Å². The molecule has 0 spiro atoms. The highest BCUT2D eigenvalue weighted by atomic mass is 15.3. The highest BCUT2D eigenvalue weighted by molar-refractivity contribution is 5.79. The molecule has 1 aliphatic rings. The number of rotatable bonds is 6. The molecule has 5 nitrogen and oxygen atoms in total. The molecule has 1 aromatic rings. The summed E-state index contributed by atoms with van der Waals surface area (Å²) in [6, 6.07) is 1.95. The van der Waals surface area contributed by atoms with Gasteiger partial charge in [-0.25, -0.2) is 0 Å². The zero-order valence-corrected chi connectivity index (χ0v) is 10.4. The number of aromatic nitrogens is 2. The molecule has 5 heteroatoms. The third-order valence-corrected chi connectivity index (χ3v) is 2.89. The van der Waals surface area contributed by atoms with E-state index in [1.165, 1.54) is 12.8 Å². The standard InChI is InChI=1S/C12H21N5/c1-13-12(15-10-11-4-5-11)14-6-2-8-17-9-3-7-16-17/h3,7,9,11H,2,4-6,8,10H2,1H3,(H2,13,14,15). The Hall–Kier alpha value is -1.52. The van der Waals surface area contributed by atoms with Gasteiger partial charge in [-0.2, -0.15) is 5.10 Å². The molecule has 0 aromatic carbocycles. The topological polar surface area (TPSA) is 54.2 Å². The van der Waals surface area contributed by atoms with Crippen molar-refractivity contribution in [3.05, 3.63) is 18.5 Å². The zero-order chi connectivity index (χ0) is 11.9. The first-order chi connectivity index (χ1) is 8.38. The molecule has 0 unspecified atom stereocenters. The van der Waals surface area contributed by atoms with Gasteiger partial charge in [-0.05, 0) is 31.2 Å². The van der Waals surface area contributed by atoms with Gasteiger partial charge in [-0.1, -0.05) is 0 Å². The summed E-state index contributed by atoms with van der Waals surface area (Å²) >= 11 is 0. The van der Waals surface area contributed by atoms with E-state index in [1.54, 1.807) is 0 Å². The number of hydrogen-bond acceptors (Lipinski definition) is 2. The van der Waals surface area contributed by atoms with Crippen LogP contribution >= 0.6 is 0 Å². The summed E-state index contributed by atoms with van der Waals surface area (Å²) in [5.74, 6) is 1.79. The van der Waals surface area contributed by atoms with Crippen LogP contribution in [0.2, 0.25) is 0 Å².